The second-order valence-corrected chi connectivity index (χ2v) is 5.27. The van der Waals surface area contributed by atoms with E-state index in [9.17, 15) is 0 Å². The first-order chi connectivity index (χ1) is 11.1. The number of aromatic nitrogens is 2. The number of methoxy groups -OCH3 is 2. The fourth-order valence-corrected chi connectivity index (χ4v) is 2.30. The smallest absolute Gasteiger partial charge is 0.172 e. The van der Waals surface area contributed by atoms with E-state index in [1.54, 1.807) is 14.2 Å². The molecule has 0 bridgehead atoms. The van der Waals surface area contributed by atoms with Gasteiger partial charge in [-0.1, -0.05) is 11.6 Å². The first-order valence-electron chi connectivity index (χ1n) is 6.86. The van der Waals surface area contributed by atoms with Crippen molar-refractivity contribution in [2.75, 3.05) is 26.1 Å². The Morgan fingerprint density at radius 1 is 1.22 bits per heavy atom. The van der Waals surface area contributed by atoms with Crippen LogP contribution in [0.25, 0.3) is 0 Å². The number of rotatable bonds is 6. The molecule has 2 N–H and O–H groups in total. The lowest BCUT2D eigenvalue weighted by molar-refractivity contribution is 0.398. The second kappa shape index (κ2) is 8.50. The van der Waals surface area contributed by atoms with Crippen molar-refractivity contribution in [2.24, 2.45) is 0 Å². The van der Waals surface area contributed by atoms with E-state index in [4.69, 9.17) is 33.3 Å². The number of anilines is 1. The van der Waals surface area contributed by atoms with Gasteiger partial charge in [-0.2, -0.15) is 0 Å². The highest BCUT2D eigenvalue weighted by molar-refractivity contribution is 7.80. The monoisotopic (exact) mass is 352 g/mol. The van der Waals surface area contributed by atoms with Crippen LogP contribution in [0.4, 0.5) is 5.82 Å². The molecule has 0 saturated heterocycles. The molecule has 2 aromatic rings. The molecule has 23 heavy (non-hydrogen) atoms. The lowest BCUT2D eigenvalue weighted by atomic mass is 10.1. The maximum absolute atomic E-state index is 5.92. The van der Waals surface area contributed by atoms with Crippen LogP contribution in [0.2, 0.25) is 5.15 Å². The molecule has 0 unspecified atom stereocenters. The zero-order valence-electron chi connectivity index (χ0n) is 12.8. The first-order valence-corrected chi connectivity index (χ1v) is 7.65. The molecule has 0 atom stereocenters. The molecule has 0 saturated carbocycles. The Morgan fingerprint density at radius 2 is 2.00 bits per heavy atom. The minimum absolute atomic E-state index is 0.270. The molecule has 0 spiro atoms. The van der Waals surface area contributed by atoms with Gasteiger partial charge in [-0.3, -0.25) is 0 Å². The van der Waals surface area contributed by atoms with E-state index in [1.165, 1.54) is 12.4 Å². The fraction of sp³-hybridized carbons (Fsp3) is 0.267. The Kier molecular flexibility index (Phi) is 6.37. The fourth-order valence-electron chi connectivity index (χ4n) is 1.94. The van der Waals surface area contributed by atoms with E-state index in [2.05, 4.69) is 20.6 Å². The number of benzene rings is 1. The van der Waals surface area contributed by atoms with E-state index in [1.807, 2.05) is 18.2 Å². The van der Waals surface area contributed by atoms with Gasteiger partial charge in [-0.15, -0.1) is 0 Å². The van der Waals surface area contributed by atoms with Crippen molar-refractivity contribution in [3.05, 3.63) is 41.3 Å². The molecule has 0 amide bonds. The third-order valence-electron chi connectivity index (χ3n) is 3.05. The van der Waals surface area contributed by atoms with Gasteiger partial charge in [-0.25, -0.2) is 9.97 Å². The minimum atomic E-state index is 0.270. The molecule has 2 rings (SSSR count). The Morgan fingerprint density at radius 3 is 2.70 bits per heavy atom. The predicted molar refractivity (Wildman–Crippen MR) is 94.5 cm³/mol. The van der Waals surface area contributed by atoms with E-state index >= 15 is 0 Å². The van der Waals surface area contributed by atoms with E-state index < -0.39 is 0 Å². The molecule has 0 aliphatic heterocycles. The van der Waals surface area contributed by atoms with Crippen molar-refractivity contribution in [3.63, 3.8) is 0 Å². The van der Waals surface area contributed by atoms with Crippen molar-refractivity contribution in [2.45, 2.75) is 6.42 Å². The lowest BCUT2D eigenvalue weighted by Crippen LogP contribution is -2.30. The molecular weight excluding hydrogens is 336 g/mol. The molecule has 1 aromatic carbocycles. The minimum Gasteiger partial charge on any atom is -0.497 e. The summed E-state index contributed by atoms with van der Waals surface area (Å²) in [6, 6.07) is 5.68. The molecule has 8 heteroatoms. The van der Waals surface area contributed by atoms with Crippen LogP contribution in [-0.2, 0) is 6.42 Å². The normalized spacial score (nSPS) is 10.0. The summed E-state index contributed by atoms with van der Waals surface area (Å²) >= 11 is 11.1. The van der Waals surface area contributed by atoms with Gasteiger partial charge < -0.3 is 20.1 Å². The zero-order valence-corrected chi connectivity index (χ0v) is 14.4. The van der Waals surface area contributed by atoms with Gasteiger partial charge in [0.25, 0.3) is 0 Å². The van der Waals surface area contributed by atoms with Crippen LogP contribution < -0.4 is 20.1 Å². The maximum Gasteiger partial charge on any atom is 0.172 e. The van der Waals surface area contributed by atoms with Crippen LogP contribution in [0.5, 0.6) is 11.5 Å². The Labute approximate surface area is 145 Å². The highest BCUT2D eigenvalue weighted by Gasteiger charge is 2.07. The summed E-state index contributed by atoms with van der Waals surface area (Å²) in [5.41, 5.74) is 1.03. The lowest BCUT2D eigenvalue weighted by Gasteiger charge is -2.13. The van der Waals surface area contributed by atoms with Crippen LogP contribution in [-0.4, -0.2) is 35.8 Å². The van der Waals surface area contributed by atoms with Crippen molar-refractivity contribution in [1.82, 2.24) is 15.3 Å². The number of hydrogen-bond donors (Lipinski definition) is 2. The molecule has 1 aromatic heterocycles. The van der Waals surface area contributed by atoms with Crippen LogP contribution >= 0.6 is 23.8 Å². The quantitative estimate of drug-likeness (QED) is 0.774. The number of hydrogen-bond acceptors (Lipinski definition) is 5. The molecule has 122 valence electrons. The average molecular weight is 353 g/mol. The van der Waals surface area contributed by atoms with Gasteiger partial charge >= 0.3 is 0 Å². The van der Waals surface area contributed by atoms with E-state index in [0.717, 1.165) is 23.5 Å². The topological polar surface area (TPSA) is 68.3 Å². The SMILES string of the molecule is COc1ccc(OC)c(CCNC(=S)Nc2nccnc2Cl)c1. The van der Waals surface area contributed by atoms with Crippen molar-refractivity contribution >= 4 is 34.7 Å². The summed E-state index contributed by atoms with van der Waals surface area (Å²) in [5.74, 6) is 2.02. The number of thiocarbonyl (C=S) groups is 1. The third kappa shape index (κ3) is 4.94. The molecule has 6 nitrogen and oxygen atoms in total. The first kappa shape index (κ1) is 17.2. The Bertz CT molecular complexity index is 684. The Hall–Kier alpha value is -2.12. The van der Waals surface area contributed by atoms with Gasteiger partial charge in [0.05, 0.1) is 14.2 Å². The average Bonchev–Trinajstić information content (AvgIpc) is 2.57. The summed E-state index contributed by atoms with van der Waals surface area (Å²) in [6.45, 7) is 0.618. The van der Waals surface area contributed by atoms with Gasteiger partial charge in [0.2, 0.25) is 0 Å². The summed E-state index contributed by atoms with van der Waals surface area (Å²) in [4.78, 5) is 7.99. The molecule has 0 aliphatic rings. The summed E-state index contributed by atoms with van der Waals surface area (Å²) in [6.07, 6.45) is 3.77. The third-order valence-corrected chi connectivity index (χ3v) is 3.58. The molecule has 0 radical (unpaired) electrons. The standard InChI is InChI=1S/C15H17ClN4O2S/c1-21-11-3-4-12(22-2)10(9-11)5-6-19-15(23)20-14-13(16)17-7-8-18-14/h3-4,7-9H,5-6H2,1-2H3,(H2,18,19,20,23). The number of nitrogens with zero attached hydrogens (tertiary/aromatic N) is 2. The van der Waals surface area contributed by atoms with E-state index in [0.29, 0.717) is 17.5 Å². The largest absolute Gasteiger partial charge is 0.497 e. The van der Waals surface area contributed by atoms with Crippen LogP contribution in [0.15, 0.2) is 30.6 Å². The Balaban J connectivity index is 1.89. The predicted octanol–water partition coefficient (Wildman–Crippen LogP) is 2.68. The van der Waals surface area contributed by atoms with Crippen LogP contribution in [0.1, 0.15) is 5.56 Å². The molecule has 1 heterocycles. The summed E-state index contributed by atoms with van der Waals surface area (Å²) in [7, 11) is 3.27. The van der Waals surface area contributed by atoms with Gasteiger partial charge in [0.15, 0.2) is 16.1 Å². The molecule has 0 aliphatic carbocycles. The maximum atomic E-state index is 5.92. The number of halogens is 1. The number of nitrogens with one attached hydrogen (secondary N) is 2. The van der Waals surface area contributed by atoms with Crippen molar-refractivity contribution < 1.29 is 9.47 Å². The van der Waals surface area contributed by atoms with Gasteiger partial charge in [0, 0.05) is 18.9 Å². The highest BCUT2D eigenvalue weighted by Crippen LogP contribution is 2.24. The van der Waals surface area contributed by atoms with Crippen LogP contribution in [0, 0.1) is 0 Å². The van der Waals surface area contributed by atoms with Crippen molar-refractivity contribution in [3.8, 4) is 11.5 Å². The van der Waals surface area contributed by atoms with E-state index in [-0.39, 0.29) is 5.15 Å². The number of ether oxygens (including phenoxy) is 2. The van der Waals surface area contributed by atoms with Crippen LogP contribution in [0.3, 0.4) is 0 Å². The summed E-state index contributed by atoms with van der Waals surface area (Å²) in [5, 5.41) is 6.69. The molecular formula is C15H17ClN4O2S. The zero-order chi connectivity index (χ0) is 16.7. The highest BCUT2D eigenvalue weighted by atomic mass is 35.5. The summed E-state index contributed by atoms with van der Waals surface area (Å²) < 4.78 is 10.6. The molecule has 0 fully saturated rings. The van der Waals surface area contributed by atoms with Crippen molar-refractivity contribution in [1.29, 1.82) is 0 Å². The second-order valence-electron chi connectivity index (χ2n) is 4.50. The van der Waals surface area contributed by atoms with Gasteiger partial charge in [-0.05, 0) is 42.4 Å². The van der Waals surface area contributed by atoms with Gasteiger partial charge in [0.1, 0.15) is 11.5 Å².